The summed E-state index contributed by atoms with van der Waals surface area (Å²) >= 11 is 6.27. The van der Waals surface area contributed by atoms with E-state index in [1.54, 1.807) is 24.3 Å². The predicted octanol–water partition coefficient (Wildman–Crippen LogP) is 4.09. The standard InChI is InChI=1S/C22H23ClFNO3/c1-2-3-4-7-13-25-20(19-16(23)11-8-12-17(19)24)18(22(27)28)14-9-5-6-10-15(14)21(25)26/h5-6,8-12,18,20H,2-4,7,13H2,1H3,(H,27,28)/p-1/t18-,20-/m0/s1. The molecule has 6 heteroatoms. The van der Waals surface area contributed by atoms with E-state index in [1.807, 2.05) is 0 Å². The van der Waals surface area contributed by atoms with Gasteiger partial charge in [-0.25, -0.2) is 4.39 Å². The number of carbonyl (C=O) groups is 2. The molecule has 148 valence electrons. The van der Waals surface area contributed by atoms with Crippen LogP contribution in [0.25, 0.3) is 0 Å². The molecule has 1 amide bonds. The average molecular weight is 403 g/mol. The van der Waals surface area contributed by atoms with Crippen LogP contribution < -0.4 is 5.11 Å². The van der Waals surface area contributed by atoms with Crippen LogP contribution in [-0.4, -0.2) is 23.3 Å². The van der Waals surface area contributed by atoms with Crippen molar-refractivity contribution in [3.05, 3.63) is 70.0 Å². The van der Waals surface area contributed by atoms with E-state index in [0.29, 0.717) is 24.1 Å². The smallest absolute Gasteiger partial charge is 0.254 e. The molecule has 0 saturated carbocycles. The maximum atomic E-state index is 14.8. The van der Waals surface area contributed by atoms with Crippen LogP contribution >= 0.6 is 11.6 Å². The van der Waals surface area contributed by atoms with Gasteiger partial charge >= 0.3 is 0 Å². The van der Waals surface area contributed by atoms with Gasteiger partial charge in [-0.3, -0.25) is 4.79 Å². The first-order chi connectivity index (χ1) is 13.5. The topological polar surface area (TPSA) is 60.4 Å². The molecular weight excluding hydrogens is 381 g/mol. The largest absolute Gasteiger partial charge is 0.549 e. The average Bonchev–Trinajstić information content (AvgIpc) is 2.66. The molecule has 3 rings (SSSR count). The van der Waals surface area contributed by atoms with Gasteiger partial charge in [-0.2, -0.15) is 0 Å². The number of carboxylic acid groups (broad SMARTS) is 1. The molecule has 28 heavy (non-hydrogen) atoms. The highest BCUT2D eigenvalue weighted by Crippen LogP contribution is 2.45. The van der Waals surface area contributed by atoms with Gasteiger partial charge in [-0.1, -0.05) is 62.1 Å². The molecule has 0 aromatic heterocycles. The highest BCUT2D eigenvalue weighted by molar-refractivity contribution is 6.31. The molecule has 0 bridgehead atoms. The number of amides is 1. The first-order valence-electron chi connectivity index (χ1n) is 9.52. The Bertz CT molecular complexity index is 866. The quantitative estimate of drug-likeness (QED) is 0.655. The second kappa shape index (κ2) is 8.74. The molecule has 2 aromatic carbocycles. The second-order valence-corrected chi connectivity index (χ2v) is 7.43. The molecule has 0 spiro atoms. The van der Waals surface area contributed by atoms with Crippen LogP contribution in [-0.2, 0) is 4.79 Å². The summed E-state index contributed by atoms with van der Waals surface area (Å²) in [6.45, 7) is 2.41. The van der Waals surface area contributed by atoms with Crippen LogP contribution in [0.4, 0.5) is 4.39 Å². The molecule has 2 atom stereocenters. The number of halogens is 2. The highest BCUT2D eigenvalue weighted by Gasteiger charge is 2.42. The summed E-state index contributed by atoms with van der Waals surface area (Å²) in [5, 5.41) is 12.2. The molecule has 0 saturated heterocycles. The predicted molar refractivity (Wildman–Crippen MR) is 104 cm³/mol. The Morgan fingerprint density at radius 3 is 2.57 bits per heavy atom. The minimum atomic E-state index is -1.36. The van der Waals surface area contributed by atoms with Gasteiger partial charge in [0.05, 0.1) is 12.0 Å². The molecule has 0 radical (unpaired) electrons. The second-order valence-electron chi connectivity index (χ2n) is 7.02. The summed E-state index contributed by atoms with van der Waals surface area (Å²) in [5.74, 6) is -3.50. The third-order valence-electron chi connectivity index (χ3n) is 5.24. The summed E-state index contributed by atoms with van der Waals surface area (Å²) in [5.41, 5.74) is 0.675. The molecular formula is C22H22ClFNO3-. The van der Waals surface area contributed by atoms with Crippen LogP contribution in [0.15, 0.2) is 42.5 Å². The summed E-state index contributed by atoms with van der Waals surface area (Å²) < 4.78 is 14.8. The number of rotatable bonds is 7. The van der Waals surface area contributed by atoms with Gasteiger partial charge in [-0.05, 0) is 30.2 Å². The minimum Gasteiger partial charge on any atom is -0.549 e. The van der Waals surface area contributed by atoms with Gasteiger partial charge in [-0.15, -0.1) is 0 Å². The monoisotopic (exact) mass is 402 g/mol. The normalized spacial score (nSPS) is 18.8. The number of hydrogen-bond acceptors (Lipinski definition) is 3. The number of fused-ring (bicyclic) bond motifs is 1. The van der Waals surface area contributed by atoms with Gasteiger partial charge in [0.2, 0.25) is 0 Å². The van der Waals surface area contributed by atoms with E-state index in [0.717, 1.165) is 19.3 Å². The maximum absolute atomic E-state index is 14.8. The third kappa shape index (κ3) is 3.76. The van der Waals surface area contributed by atoms with E-state index in [9.17, 15) is 19.1 Å². The van der Waals surface area contributed by atoms with Gasteiger partial charge in [0.25, 0.3) is 5.91 Å². The van der Waals surface area contributed by atoms with Gasteiger partial charge in [0.1, 0.15) is 5.82 Å². The fraction of sp³-hybridized carbons (Fsp3) is 0.364. The minimum absolute atomic E-state index is 0.0247. The van der Waals surface area contributed by atoms with E-state index in [-0.39, 0.29) is 16.5 Å². The Balaban J connectivity index is 2.14. The van der Waals surface area contributed by atoms with Crippen molar-refractivity contribution < 1.29 is 19.1 Å². The van der Waals surface area contributed by atoms with E-state index in [4.69, 9.17) is 11.6 Å². The van der Waals surface area contributed by atoms with Crippen LogP contribution in [0.1, 0.15) is 66.1 Å². The molecule has 1 heterocycles. The molecule has 4 nitrogen and oxygen atoms in total. The molecule has 0 unspecified atom stereocenters. The SMILES string of the molecule is CCCCCCN1C(=O)c2ccccc2[C@H](C(=O)[O-])[C@H]1c1c(F)cccc1Cl. The van der Waals surface area contributed by atoms with Crippen molar-refractivity contribution >= 4 is 23.5 Å². The number of nitrogens with zero attached hydrogens (tertiary/aromatic N) is 1. The number of hydrogen-bond donors (Lipinski definition) is 0. The zero-order valence-corrected chi connectivity index (χ0v) is 16.4. The van der Waals surface area contributed by atoms with E-state index < -0.39 is 23.7 Å². The molecule has 1 aliphatic heterocycles. The zero-order valence-electron chi connectivity index (χ0n) is 15.7. The Morgan fingerprint density at radius 1 is 1.14 bits per heavy atom. The van der Waals surface area contributed by atoms with E-state index in [2.05, 4.69) is 6.92 Å². The Kier molecular flexibility index (Phi) is 6.35. The summed E-state index contributed by atoms with van der Waals surface area (Å²) in [6.07, 6.45) is 3.63. The van der Waals surface area contributed by atoms with Crippen molar-refractivity contribution in [3.63, 3.8) is 0 Å². The fourth-order valence-corrected chi connectivity index (χ4v) is 4.19. The number of carboxylic acids is 1. The van der Waals surface area contributed by atoms with Gasteiger partial charge in [0, 0.05) is 28.6 Å². The Labute approximate surface area is 168 Å². The highest BCUT2D eigenvalue weighted by atomic mass is 35.5. The molecule has 0 fully saturated rings. The van der Waals surface area contributed by atoms with Crippen molar-refractivity contribution in [3.8, 4) is 0 Å². The first kappa shape index (κ1) is 20.3. The third-order valence-corrected chi connectivity index (χ3v) is 5.57. The Hall–Kier alpha value is -2.40. The van der Waals surface area contributed by atoms with E-state index >= 15 is 0 Å². The van der Waals surface area contributed by atoms with Crippen molar-refractivity contribution in [2.75, 3.05) is 6.54 Å². The molecule has 1 aliphatic rings. The lowest BCUT2D eigenvalue weighted by atomic mass is 9.79. The van der Waals surface area contributed by atoms with Gasteiger partial charge in [0.15, 0.2) is 0 Å². The summed E-state index contributed by atoms with van der Waals surface area (Å²) in [4.78, 5) is 26.8. The zero-order chi connectivity index (χ0) is 20.3. The van der Waals surface area contributed by atoms with E-state index in [1.165, 1.54) is 23.1 Å². The first-order valence-corrected chi connectivity index (χ1v) is 9.89. The maximum Gasteiger partial charge on any atom is 0.254 e. The van der Waals surface area contributed by atoms with Crippen molar-refractivity contribution in [2.45, 2.75) is 44.6 Å². The molecule has 2 aromatic rings. The molecule has 0 N–H and O–H groups in total. The van der Waals surface area contributed by atoms with Crippen LogP contribution in [0.5, 0.6) is 0 Å². The lowest BCUT2D eigenvalue weighted by Gasteiger charge is -2.43. The Morgan fingerprint density at radius 2 is 1.89 bits per heavy atom. The number of aliphatic carboxylic acids is 1. The van der Waals surface area contributed by atoms with Crippen LogP contribution in [0.2, 0.25) is 5.02 Å². The van der Waals surface area contributed by atoms with Gasteiger partial charge < -0.3 is 14.8 Å². The molecule has 0 aliphatic carbocycles. The number of benzene rings is 2. The van der Waals surface area contributed by atoms with Crippen LogP contribution in [0, 0.1) is 5.82 Å². The fourth-order valence-electron chi connectivity index (χ4n) is 3.92. The number of carbonyl (C=O) groups excluding carboxylic acids is 2. The van der Waals surface area contributed by atoms with Crippen molar-refractivity contribution in [1.82, 2.24) is 4.90 Å². The summed E-state index contributed by atoms with van der Waals surface area (Å²) in [7, 11) is 0. The van der Waals surface area contributed by atoms with Crippen molar-refractivity contribution in [1.29, 1.82) is 0 Å². The van der Waals surface area contributed by atoms with Crippen LogP contribution in [0.3, 0.4) is 0 Å². The number of unbranched alkanes of at least 4 members (excludes halogenated alkanes) is 3. The lowest BCUT2D eigenvalue weighted by Crippen LogP contribution is -2.48. The summed E-state index contributed by atoms with van der Waals surface area (Å²) in [6, 6.07) is 9.69. The van der Waals surface area contributed by atoms with Crippen molar-refractivity contribution in [2.24, 2.45) is 0 Å². The lowest BCUT2D eigenvalue weighted by molar-refractivity contribution is -0.309.